The number of aliphatic hydroxyl groups is 1. The average molecular weight is 378 g/mol. The van der Waals surface area contributed by atoms with Gasteiger partial charge in [0.15, 0.2) is 5.82 Å². The molecule has 2 N–H and O–H groups in total. The molecule has 0 aliphatic carbocycles. The van der Waals surface area contributed by atoms with Crippen molar-refractivity contribution in [1.82, 2.24) is 14.5 Å². The summed E-state index contributed by atoms with van der Waals surface area (Å²) in [5, 5.41) is 11.7. The standard InChI is InChI=1S/C18H15F3N4O2/c19-18(20,21)14-3-1-2-12(6-14)8-25-9-16(23-11-25)24-17(27)13-4-5-15(10-26)22-7-13/h1-7,9,11,26H,8,10H2,(H,24,27)/i10D2. The lowest BCUT2D eigenvalue weighted by Gasteiger charge is -2.09. The maximum atomic E-state index is 12.8. The Bertz CT molecular complexity index is 1010. The lowest BCUT2D eigenvalue weighted by atomic mass is 10.1. The van der Waals surface area contributed by atoms with E-state index in [1.165, 1.54) is 35.3 Å². The Morgan fingerprint density at radius 3 is 2.74 bits per heavy atom. The number of hydrogen-bond acceptors (Lipinski definition) is 4. The Balaban J connectivity index is 1.67. The van der Waals surface area contributed by atoms with Crippen LogP contribution in [0.4, 0.5) is 19.0 Å². The molecule has 9 heteroatoms. The topological polar surface area (TPSA) is 80.0 Å². The van der Waals surface area contributed by atoms with Crippen molar-refractivity contribution >= 4 is 11.7 Å². The largest absolute Gasteiger partial charge is 0.416 e. The number of rotatable bonds is 5. The van der Waals surface area contributed by atoms with Crippen molar-refractivity contribution in [2.45, 2.75) is 19.3 Å². The molecule has 0 fully saturated rings. The van der Waals surface area contributed by atoms with Crippen molar-refractivity contribution in [1.29, 1.82) is 0 Å². The van der Waals surface area contributed by atoms with Gasteiger partial charge in [-0.1, -0.05) is 12.1 Å². The molecule has 3 aromatic rings. The normalized spacial score (nSPS) is 13.0. The predicted molar refractivity (Wildman–Crippen MR) is 90.9 cm³/mol. The molecule has 0 saturated heterocycles. The van der Waals surface area contributed by atoms with Crippen LogP contribution >= 0.6 is 0 Å². The van der Waals surface area contributed by atoms with Crippen molar-refractivity contribution in [3.8, 4) is 0 Å². The van der Waals surface area contributed by atoms with Crippen LogP contribution in [0.2, 0.25) is 0 Å². The summed E-state index contributed by atoms with van der Waals surface area (Å²) < 4.78 is 54.2. The molecule has 3 rings (SSSR count). The first-order valence-electron chi connectivity index (χ1n) is 8.70. The number of carbonyl (C=O) groups excluding carboxylic acids is 1. The number of halogens is 3. The van der Waals surface area contributed by atoms with Crippen LogP contribution in [0.5, 0.6) is 0 Å². The number of nitrogens with one attached hydrogen (secondary N) is 1. The molecule has 2 heterocycles. The Labute approximate surface area is 155 Å². The van der Waals surface area contributed by atoms with Crippen LogP contribution in [0.25, 0.3) is 0 Å². The highest BCUT2D eigenvalue weighted by molar-refractivity contribution is 6.03. The summed E-state index contributed by atoms with van der Waals surface area (Å²) in [5.41, 5.74) is -0.440. The van der Waals surface area contributed by atoms with Gasteiger partial charge in [0, 0.05) is 18.9 Å². The molecule has 1 aromatic carbocycles. The van der Waals surface area contributed by atoms with Crippen LogP contribution in [0.1, 0.15) is 29.9 Å². The number of anilines is 1. The van der Waals surface area contributed by atoms with Crippen LogP contribution in [0.15, 0.2) is 55.1 Å². The molecular formula is C18H15F3N4O2. The number of carbonyl (C=O) groups is 1. The molecule has 0 aliphatic heterocycles. The second kappa shape index (κ2) is 7.58. The molecule has 0 atom stereocenters. The van der Waals surface area contributed by atoms with Crippen LogP contribution in [0, 0.1) is 0 Å². The first-order chi connectivity index (χ1) is 13.5. The molecule has 0 aliphatic rings. The summed E-state index contributed by atoms with van der Waals surface area (Å²) in [5.74, 6) is -0.379. The number of benzene rings is 1. The molecule has 0 spiro atoms. The van der Waals surface area contributed by atoms with Crippen LogP contribution in [0.3, 0.4) is 0 Å². The van der Waals surface area contributed by atoms with Crippen molar-refractivity contribution < 1.29 is 25.8 Å². The summed E-state index contributed by atoms with van der Waals surface area (Å²) in [6.45, 7) is -2.48. The van der Waals surface area contributed by atoms with E-state index >= 15 is 0 Å². The zero-order valence-corrected chi connectivity index (χ0v) is 13.7. The first-order valence-corrected chi connectivity index (χ1v) is 7.70. The van der Waals surface area contributed by atoms with Gasteiger partial charge in [-0.05, 0) is 29.8 Å². The Morgan fingerprint density at radius 2 is 2.07 bits per heavy atom. The van der Waals surface area contributed by atoms with Gasteiger partial charge in [0.1, 0.15) is 0 Å². The van der Waals surface area contributed by atoms with Crippen LogP contribution < -0.4 is 5.32 Å². The molecular weight excluding hydrogens is 361 g/mol. The van der Waals surface area contributed by atoms with Gasteiger partial charge >= 0.3 is 6.18 Å². The third kappa shape index (κ3) is 4.70. The van der Waals surface area contributed by atoms with Crippen LogP contribution in [-0.4, -0.2) is 25.5 Å². The van der Waals surface area contributed by atoms with Gasteiger partial charge in [0.25, 0.3) is 5.91 Å². The van der Waals surface area contributed by atoms with Crippen molar-refractivity contribution in [3.05, 3.63) is 77.5 Å². The number of alkyl halides is 3. The maximum Gasteiger partial charge on any atom is 0.416 e. The summed E-state index contributed by atoms with van der Waals surface area (Å²) in [7, 11) is 0. The quantitative estimate of drug-likeness (QED) is 0.715. The minimum Gasteiger partial charge on any atom is -0.390 e. The van der Waals surface area contributed by atoms with Gasteiger partial charge in [0.2, 0.25) is 0 Å². The van der Waals surface area contributed by atoms with E-state index in [0.29, 0.717) is 5.56 Å². The van der Waals surface area contributed by atoms with Crippen molar-refractivity contribution in [3.63, 3.8) is 0 Å². The van der Waals surface area contributed by atoms with Gasteiger partial charge in [-0.15, -0.1) is 0 Å². The van der Waals surface area contributed by atoms with E-state index in [4.69, 9.17) is 2.74 Å². The second-order valence-corrected chi connectivity index (χ2v) is 5.63. The third-order valence-corrected chi connectivity index (χ3v) is 3.63. The van der Waals surface area contributed by atoms with E-state index < -0.39 is 24.2 Å². The van der Waals surface area contributed by atoms with Crippen LogP contribution in [-0.2, 0) is 19.3 Å². The second-order valence-electron chi connectivity index (χ2n) is 5.63. The molecule has 0 saturated carbocycles. The first kappa shape index (κ1) is 16.0. The van der Waals surface area contributed by atoms with Gasteiger partial charge in [-0.25, -0.2) is 4.98 Å². The Kier molecular flexibility index (Phi) is 4.50. The fourth-order valence-electron chi connectivity index (χ4n) is 2.35. The summed E-state index contributed by atoms with van der Waals surface area (Å²) in [6.07, 6.45) is -0.481. The molecule has 0 unspecified atom stereocenters. The van der Waals surface area contributed by atoms with E-state index in [1.54, 1.807) is 6.07 Å². The summed E-state index contributed by atoms with van der Waals surface area (Å²) in [4.78, 5) is 19.9. The molecule has 6 nitrogen and oxygen atoms in total. The van der Waals surface area contributed by atoms with E-state index in [-0.39, 0.29) is 23.6 Å². The third-order valence-electron chi connectivity index (χ3n) is 3.63. The van der Waals surface area contributed by atoms with Crippen molar-refractivity contribution in [2.75, 3.05) is 5.32 Å². The maximum absolute atomic E-state index is 12.8. The number of hydrogen-bond donors (Lipinski definition) is 2. The zero-order chi connectivity index (χ0) is 21.2. The molecule has 1 amide bonds. The lowest BCUT2D eigenvalue weighted by molar-refractivity contribution is -0.137. The molecule has 27 heavy (non-hydrogen) atoms. The molecule has 2 aromatic heterocycles. The van der Waals surface area contributed by atoms with Crippen molar-refractivity contribution in [2.24, 2.45) is 0 Å². The van der Waals surface area contributed by atoms with E-state index in [0.717, 1.165) is 18.3 Å². The number of pyridine rings is 1. The fraction of sp³-hybridized carbons (Fsp3) is 0.167. The van der Waals surface area contributed by atoms with Gasteiger partial charge in [0.05, 0.1) is 32.4 Å². The average Bonchev–Trinajstić information content (AvgIpc) is 3.07. The molecule has 140 valence electrons. The number of aromatic nitrogens is 3. The number of nitrogens with zero attached hydrogens (tertiary/aromatic N) is 3. The highest BCUT2D eigenvalue weighted by Gasteiger charge is 2.30. The molecule has 0 bridgehead atoms. The number of imidazole rings is 1. The SMILES string of the molecule is [2H]C([2H])(O)c1ccc(C(=O)Nc2cn(Cc3cccc(C(F)(F)F)c3)cn2)cn1. The monoisotopic (exact) mass is 378 g/mol. The number of amides is 1. The van der Waals surface area contributed by atoms with E-state index in [9.17, 15) is 23.1 Å². The van der Waals surface area contributed by atoms with Gasteiger partial charge in [-0.3, -0.25) is 9.78 Å². The highest BCUT2D eigenvalue weighted by Crippen LogP contribution is 2.29. The lowest BCUT2D eigenvalue weighted by Crippen LogP contribution is -2.12. The highest BCUT2D eigenvalue weighted by atomic mass is 19.4. The minimum atomic E-state index is -4.43. The predicted octanol–water partition coefficient (Wildman–Crippen LogP) is 3.09. The summed E-state index contributed by atoms with van der Waals surface area (Å²) in [6, 6.07) is 7.39. The fourth-order valence-corrected chi connectivity index (χ4v) is 2.35. The van der Waals surface area contributed by atoms with E-state index in [1.807, 2.05) is 0 Å². The minimum absolute atomic E-state index is 0.116. The van der Waals surface area contributed by atoms with Gasteiger partial charge < -0.3 is 15.0 Å². The van der Waals surface area contributed by atoms with E-state index in [2.05, 4.69) is 15.3 Å². The van der Waals surface area contributed by atoms with Gasteiger partial charge in [-0.2, -0.15) is 13.2 Å². The smallest absolute Gasteiger partial charge is 0.390 e. The Morgan fingerprint density at radius 1 is 1.26 bits per heavy atom. The summed E-state index contributed by atoms with van der Waals surface area (Å²) >= 11 is 0. The molecule has 0 radical (unpaired) electrons. The Hall–Kier alpha value is -3.20. The zero-order valence-electron chi connectivity index (χ0n) is 15.7.